The Bertz CT molecular complexity index is 1130. The summed E-state index contributed by atoms with van der Waals surface area (Å²) in [6, 6.07) is 10.1. The van der Waals surface area contributed by atoms with E-state index >= 15 is 0 Å². The van der Waals surface area contributed by atoms with E-state index in [1.165, 1.54) is 22.5 Å². The third-order valence-electron chi connectivity index (χ3n) is 5.36. The van der Waals surface area contributed by atoms with Crippen molar-refractivity contribution in [2.45, 2.75) is 43.7 Å². The molecule has 0 bridgehead atoms. The van der Waals surface area contributed by atoms with E-state index in [0.717, 1.165) is 5.56 Å². The summed E-state index contributed by atoms with van der Waals surface area (Å²) in [4.78, 5) is 25.5. The lowest BCUT2D eigenvalue weighted by atomic mass is 10.1. The van der Waals surface area contributed by atoms with Gasteiger partial charge in [0.15, 0.2) is 0 Å². The molecule has 2 aromatic carbocycles. The second-order valence-corrected chi connectivity index (χ2v) is 10.6. The van der Waals surface area contributed by atoms with Crippen molar-refractivity contribution in [2.75, 3.05) is 13.1 Å². The van der Waals surface area contributed by atoms with E-state index < -0.39 is 28.1 Å². The van der Waals surface area contributed by atoms with Crippen LogP contribution < -0.4 is 0 Å². The van der Waals surface area contributed by atoms with Crippen molar-refractivity contribution < 1.29 is 23.1 Å². The highest BCUT2D eigenvalue weighted by Crippen LogP contribution is 2.27. The molecule has 7 nitrogen and oxygen atoms in total. The lowest BCUT2D eigenvalue weighted by Crippen LogP contribution is -2.59. The Morgan fingerprint density at radius 2 is 1.59 bits per heavy atom. The minimum Gasteiger partial charge on any atom is -0.481 e. The molecular formula is C22H24Cl2N2O5S. The number of aliphatic carboxylic acids is 1. The number of carboxylic acid groups (broad SMARTS) is 1. The molecule has 0 saturated carbocycles. The van der Waals surface area contributed by atoms with Gasteiger partial charge in [0.25, 0.3) is 0 Å². The molecule has 1 amide bonds. The van der Waals surface area contributed by atoms with Gasteiger partial charge < -0.3 is 10.0 Å². The highest BCUT2D eigenvalue weighted by molar-refractivity contribution is 7.89. The first-order valence-electron chi connectivity index (χ1n) is 10.0. The largest absolute Gasteiger partial charge is 0.481 e. The number of piperazine rings is 1. The molecule has 3 rings (SSSR count). The van der Waals surface area contributed by atoms with Crippen LogP contribution in [0.5, 0.6) is 0 Å². The van der Waals surface area contributed by atoms with Gasteiger partial charge in [0.05, 0.1) is 27.8 Å². The summed E-state index contributed by atoms with van der Waals surface area (Å²) in [6.07, 6.45) is -0.119. The number of halogens is 2. The average molecular weight is 499 g/mol. The van der Waals surface area contributed by atoms with Crippen LogP contribution in [0.25, 0.3) is 0 Å². The molecule has 1 heterocycles. The summed E-state index contributed by atoms with van der Waals surface area (Å²) >= 11 is 12.0. The van der Waals surface area contributed by atoms with Crippen LogP contribution in [0.15, 0.2) is 47.4 Å². The lowest BCUT2D eigenvalue weighted by Gasteiger charge is -2.43. The van der Waals surface area contributed by atoms with E-state index in [2.05, 4.69) is 0 Å². The van der Waals surface area contributed by atoms with Crippen molar-refractivity contribution >= 4 is 45.1 Å². The third kappa shape index (κ3) is 5.43. The molecule has 1 N–H and O–H groups in total. The smallest absolute Gasteiger partial charge is 0.307 e. The fourth-order valence-electron chi connectivity index (χ4n) is 4.03. The number of sulfonamides is 1. The standard InChI is InChI=1S/C22H24Cl2N2O5S/c1-14-12-25(21(27)10-17-6-7-19(23)20(24)9-17)13-15(2)26(14)32(30,31)18-5-3-4-16(8-18)11-22(28)29/h3-9,14-15H,10-13H2,1-2H3,(H,28,29). The Labute approximate surface area is 197 Å². The van der Waals surface area contributed by atoms with Gasteiger partial charge in [0.1, 0.15) is 0 Å². The molecule has 2 aromatic rings. The summed E-state index contributed by atoms with van der Waals surface area (Å²) in [7, 11) is -3.87. The van der Waals surface area contributed by atoms with Gasteiger partial charge in [-0.15, -0.1) is 0 Å². The van der Waals surface area contributed by atoms with Crippen molar-refractivity contribution in [1.29, 1.82) is 0 Å². The molecule has 1 saturated heterocycles. The number of benzene rings is 2. The normalized spacial score (nSPS) is 19.7. The van der Waals surface area contributed by atoms with E-state index in [4.69, 9.17) is 28.3 Å². The van der Waals surface area contributed by atoms with Crippen LogP contribution in [0.2, 0.25) is 10.0 Å². The number of carboxylic acids is 1. The topological polar surface area (TPSA) is 95.0 Å². The van der Waals surface area contributed by atoms with Gasteiger partial charge >= 0.3 is 5.97 Å². The van der Waals surface area contributed by atoms with Gasteiger partial charge in [-0.2, -0.15) is 4.31 Å². The van der Waals surface area contributed by atoms with Crippen molar-refractivity contribution in [3.8, 4) is 0 Å². The highest BCUT2D eigenvalue weighted by atomic mass is 35.5. The molecule has 2 unspecified atom stereocenters. The Morgan fingerprint density at radius 1 is 0.969 bits per heavy atom. The molecule has 0 aromatic heterocycles. The first kappa shape index (κ1) is 24.5. The van der Waals surface area contributed by atoms with Gasteiger partial charge in [-0.3, -0.25) is 9.59 Å². The number of hydrogen-bond donors (Lipinski definition) is 1. The minimum atomic E-state index is -3.87. The Balaban J connectivity index is 1.76. The van der Waals surface area contributed by atoms with Crippen LogP contribution >= 0.6 is 23.2 Å². The Kier molecular flexibility index (Phi) is 7.50. The summed E-state index contributed by atoms with van der Waals surface area (Å²) in [6.45, 7) is 4.01. The van der Waals surface area contributed by atoms with Crippen LogP contribution in [-0.2, 0) is 32.5 Å². The summed E-state index contributed by atoms with van der Waals surface area (Å²) < 4.78 is 28.1. The molecule has 10 heteroatoms. The maximum absolute atomic E-state index is 13.3. The zero-order valence-electron chi connectivity index (χ0n) is 17.7. The van der Waals surface area contributed by atoms with E-state index in [0.29, 0.717) is 15.6 Å². The summed E-state index contributed by atoms with van der Waals surface area (Å²) in [5.74, 6) is -1.15. The van der Waals surface area contributed by atoms with E-state index in [9.17, 15) is 18.0 Å². The van der Waals surface area contributed by atoms with Gasteiger partial charge in [0, 0.05) is 25.2 Å². The molecule has 0 spiro atoms. The second-order valence-electron chi connectivity index (χ2n) is 7.97. The van der Waals surface area contributed by atoms with Gasteiger partial charge in [0.2, 0.25) is 15.9 Å². The van der Waals surface area contributed by atoms with Crippen LogP contribution in [0.3, 0.4) is 0 Å². The molecule has 2 atom stereocenters. The van der Waals surface area contributed by atoms with Gasteiger partial charge in [-0.05, 0) is 49.2 Å². The van der Waals surface area contributed by atoms with Crippen LogP contribution in [0.1, 0.15) is 25.0 Å². The number of carbonyl (C=O) groups excluding carboxylic acids is 1. The van der Waals surface area contributed by atoms with E-state index in [1.54, 1.807) is 43.0 Å². The number of hydrogen-bond acceptors (Lipinski definition) is 4. The number of rotatable bonds is 6. The molecule has 0 aliphatic carbocycles. The maximum atomic E-state index is 13.3. The molecule has 32 heavy (non-hydrogen) atoms. The average Bonchev–Trinajstić information content (AvgIpc) is 2.69. The maximum Gasteiger partial charge on any atom is 0.307 e. The number of carbonyl (C=O) groups is 2. The van der Waals surface area contributed by atoms with Crippen molar-refractivity contribution in [2.24, 2.45) is 0 Å². The van der Waals surface area contributed by atoms with Crippen molar-refractivity contribution in [3.63, 3.8) is 0 Å². The zero-order valence-corrected chi connectivity index (χ0v) is 20.0. The summed E-state index contributed by atoms with van der Waals surface area (Å²) in [5.41, 5.74) is 1.14. The molecular weight excluding hydrogens is 475 g/mol. The van der Waals surface area contributed by atoms with E-state index in [-0.39, 0.29) is 36.7 Å². The first-order chi connectivity index (χ1) is 15.0. The van der Waals surface area contributed by atoms with Crippen molar-refractivity contribution in [1.82, 2.24) is 9.21 Å². The number of nitrogens with zero attached hydrogens (tertiary/aromatic N) is 2. The zero-order chi connectivity index (χ0) is 23.6. The molecule has 1 aliphatic heterocycles. The summed E-state index contributed by atoms with van der Waals surface area (Å²) in [5, 5.41) is 9.79. The minimum absolute atomic E-state index is 0.0468. The molecule has 172 valence electrons. The van der Waals surface area contributed by atoms with Crippen LogP contribution in [0, 0.1) is 0 Å². The fourth-order valence-corrected chi connectivity index (χ4v) is 6.23. The van der Waals surface area contributed by atoms with Crippen LogP contribution in [-0.4, -0.2) is 59.8 Å². The quantitative estimate of drug-likeness (QED) is 0.657. The predicted molar refractivity (Wildman–Crippen MR) is 122 cm³/mol. The highest BCUT2D eigenvalue weighted by Gasteiger charge is 2.39. The molecule has 0 radical (unpaired) electrons. The SMILES string of the molecule is CC1CN(C(=O)Cc2ccc(Cl)c(Cl)c2)CC(C)N1S(=O)(=O)c1cccc(CC(=O)O)c1. The monoisotopic (exact) mass is 498 g/mol. The fraction of sp³-hybridized carbons (Fsp3) is 0.364. The second kappa shape index (κ2) is 9.79. The Hall–Kier alpha value is -2.13. The Morgan fingerprint density at radius 3 is 2.19 bits per heavy atom. The van der Waals surface area contributed by atoms with Gasteiger partial charge in [-0.25, -0.2) is 8.42 Å². The van der Waals surface area contributed by atoms with Crippen molar-refractivity contribution in [3.05, 3.63) is 63.6 Å². The number of amides is 1. The van der Waals surface area contributed by atoms with Gasteiger partial charge in [-0.1, -0.05) is 41.4 Å². The third-order valence-corrected chi connectivity index (χ3v) is 8.22. The first-order valence-corrected chi connectivity index (χ1v) is 12.2. The van der Waals surface area contributed by atoms with E-state index in [1.807, 2.05) is 0 Å². The molecule has 1 fully saturated rings. The molecule has 1 aliphatic rings. The van der Waals surface area contributed by atoms with Crippen LogP contribution in [0.4, 0.5) is 0 Å². The predicted octanol–water partition coefficient (Wildman–Crippen LogP) is 3.47. The lowest BCUT2D eigenvalue weighted by molar-refractivity contribution is -0.136.